The summed E-state index contributed by atoms with van der Waals surface area (Å²) in [5.74, 6) is 0. The molecule has 0 aliphatic carbocycles. The van der Waals surface area contributed by atoms with E-state index < -0.39 is 0 Å². The fourth-order valence-electron chi connectivity index (χ4n) is 1.29. The van der Waals surface area contributed by atoms with E-state index in [0.717, 1.165) is 11.4 Å². The van der Waals surface area contributed by atoms with Crippen molar-refractivity contribution in [2.75, 3.05) is 12.3 Å². The lowest BCUT2D eigenvalue weighted by Gasteiger charge is -2.02. The summed E-state index contributed by atoms with van der Waals surface area (Å²) in [6, 6.07) is 10.1. The van der Waals surface area contributed by atoms with Crippen LogP contribution in [0.2, 0.25) is 0 Å². The smallest absolute Gasteiger partial charge is 0.203 e. The summed E-state index contributed by atoms with van der Waals surface area (Å²) < 4.78 is 5.53. The van der Waals surface area contributed by atoms with Crippen molar-refractivity contribution in [2.24, 2.45) is 0 Å². The zero-order valence-electron chi connectivity index (χ0n) is 8.80. The monoisotopic (exact) mass is 235 g/mol. The lowest BCUT2D eigenvalue weighted by molar-refractivity contribution is 0.123. The third-order valence-corrected chi connectivity index (χ3v) is 2.87. The molecule has 0 unspecified atom stereocenters. The number of hydrogen-bond donors (Lipinski definition) is 1. The van der Waals surface area contributed by atoms with Crippen molar-refractivity contribution < 1.29 is 4.74 Å². The van der Waals surface area contributed by atoms with E-state index in [4.69, 9.17) is 10.5 Å². The van der Waals surface area contributed by atoms with Crippen LogP contribution in [0.4, 0.5) is 5.13 Å². The first kappa shape index (κ1) is 11.0. The molecule has 84 valence electrons. The number of nitrogens with zero attached hydrogens (tertiary/aromatic N) is 2. The number of rotatable bonds is 5. The molecule has 0 saturated carbocycles. The lowest BCUT2D eigenvalue weighted by Crippen LogP contribution is -1.98. The second-order valence-corrected chi connectivity index (χ2v) is 4.42. The van der Waals surface area contributed by atoms with Gasteiger partial charge in [0.2, 0.25) is 5.13 Å². The number of aromatic nitrogens is 2. The minimum absolute atomic E-state index is 0.512. The van der Waals surface area contributed by atoms with Crippen LogP contribution in [0.3, 0.4) is 0 Å². The van der Waals surface area contributed by atoms with Gasteiger partial charge in [-0.1, -0.05) is 41.7 Å². The highest BCUT2D eigenvalue weighted by Gasteiger charge is 2.00. The fraction of sp³-hybridized carbons (Fsp3) is 0.273. The van der Waals surface area contributed by atoms with Crippen LogP contribution in [-0.4, -0.2) is 16.8 Å². The predicted molar refractivity (Wildman–Crippen MR) is 64.1 cm³/mol. The maximum Gasteiger partial charge on any atom is 0.203 e. The van der Waals surface area contributed by atoms with Crippen molar-refractivity contribution >= 4 is 16.5 Å². The summed E-state index contributed by atoms with van der Waals surface area (Å²) in [5, 5.41) is 9.10. The standard InChI is InChI=1S/C11H13N3OS/c12-11-14-13-10(16-11)6-7-15-8-9-4-2-1-3-5-9/h1-5H,6-8H2,(H2,12,14). The molecule has 1 aromatic carbocycles. The van der Waals surface area contributed by atoms with Gasteiger partial charge < -0.3 is 10.5 Å². The fourth-order valence-corrected chi connectivity index (χ4v) is 1.88. The van der Waals surface area contributed by atoms with Gasteiger partial charge in [0, 0.05) is 6.42 Å². The van der Waals surface area contributed by atoms with Gasteiger partial charge in [0.25, 0.3) is 0 Å². The molecule has 0 aliphatic rings. The van der Waals surface area contributed by atoms with Crippen LogP contribution in [0, 0.1) is 0 Å². The molecule has 0 atom stereocenters. The van der Waals surface area contributed by atoms with E-state index in [9.17, 15) is 0 Å². The summed E-state index contributed by atoms with van der Waals surface area (Å²) in [7, 11) is 0. The third kappa shape index (κ3) is 3.29. The van der Waals surface area contributed by atoms with Gasteiger partial charge in [-0.3, -0.25) is 0 Å². The maximum absolute atomic E-state index is 5.53. The van der Waals surface area contributed by atoms with Crippen molar-refractivity contribution in [2.45, 2.75) is 13.0 Å². The third-order valence-electron chi connectivity index (χ3n) is 2.05. The van der Waals surface area contributed by atoms with Crippen molar-refractivity contribution in [3.63, 3.8) is 0 Å². The van der Waals surface area contributed by atoms with Crippen LogP contribution in [0.1, 0.15) is 10.6 Å². The quantitative estimate of drug-likeness (QED) is 0.804. The highest BCUT2D eigenvalue weighted by atomic mass is 32.1. The van der Waals surface area contributed by atoms with Gasteiger partial charge in [-0.2, -0.15) is 0 Å². The molecule has 2 N–H and O–H groups in total. The van der Waals surface area contributed by atoms with E-state index in [2.05, 4.69) is 10.2 Å². The number of hydrogen-bond acceptors (Lipinski definition) is 5. The Labute approximate surface area is 98.1 Å². The molecule has 4 nitrogen and oxygen atoms in total. The first-order chi connectivity index (χ1) is 7.84. The molecule has 5 heteroatoms. The highest BCUT2D eigenvalue weighted by molar-refractivity contribution is 7.15. The molecule has 2 rings (SSSR count). The van der Waals surface area contributed by atoms with Gasteiger partial charge in [-0.15, -0.1) is 10.2 Å². The molecule has 0 aliphatic heterocycles. The summed E-state index contributed by atoms with van der Waals surface area (Å²) in [6.07, 6.45) is 0.766. The van der Waals surface area contributed by atoms with E-state index in [1.807, 2.05) is 30.3 Å². The Bertz CT molecular complexity index is 430. The molecule has 2 aromatic rings. The summed E-state index contributed by atoms with van der Waals surface area (Å²) >= 11 is 1.41. The van der Waals surface area contributed by atoms with Gasteiger partial charge in [-0.05, 0) is 5.56 Å². The molecule has 16 heavy (non-hydrogen) atoms. The van der Waals surface area contributed by atoms with Crippen molar-refractivity contribution in [3.8, 4) is 0 Å². The molecule has 0 radical (unpaired) electrons. The Morgan fingerprint density at radius 1 is 1.19 bits per heavy atom. The largest absolute Gasteiger partial charge is 0.376 e. The lowest BCUT2D eigenvalue weighted by atomic mass is 10.2. The SMILES string of the molecule is Nc1nnc(CCOCc2ccccc2)s1. The molecule has 0 bridgehead atoms. The number of nitrogens with two attached hydrogens (primary N) is 1. The molecular weight excluding hydrogens is 222 g/mol. The van der Waals surface area contributed by atoms with Gasteiger partial charge in [0.15, 0.2) is 0 Å². The highest BCUT2D eigenvalue weighted by Crippen LogP contribution is 2.11. The Kier molecular flexibility index (Phi) is 3.85. The van der Waals surface area contributed by atoms with Crippen LogP contribution < -0.4 is 5.73 Å². The van der Waals surface area contributed by atoms with Gasteiger partial charge in [-0.25, -0.2) is 0 Å². The predicted octanol–water partition coefficient (Wildman–Crippen LogP) is 1.88. The van der Waals surface area contributed by atoms with Crippen LogP contribution in [-0.2, 0) is 17.8 Å². The number of ether oxygens (including phenoxy) is 1. The summed E-state index contributed by atoms with van der Waals surface area (Å²) in [4.78, 5) is 0. The van der Waals surface area contributed by atoms with Crippen LogP contribution in [0.15, 0.2) is 30.3 Å². The topological polar surface area (TPSA) is 61.0 Å². The first-order valence-corrected chi connectivity index (χ1v) is 5.86. The van der Waals surface area contributed by atoms with Crippen LogP contribution in [0.5, 0.6) is 0 Å². The summed E-state index contributed by atoms with van der Waals surface area (Å²) in [6.45, 7) is 1.28. The Morgan fingerprint density at radius 3 is 2.69 bits per heavy atom. The van der Waals surface area contributed by atoms with E-state index in [1.54, 1.807) is 0 Å². The number of nitrogen functional groups attached to an aromatic ring is 1. The zero-order valence-corrected chi connectivity index (χ0v) is 9.61. The maximum atomic E-state index is 5.53. The van der Waals surface area contributed by atoms with Crippen molar-refractivity contribution in [3.05, 3.63) is 40.9 Å². The number of anilines is 1. The van der Waals surface area contributed by atoms with Gasteiger partial charge in [0.05, 0.1) is 13.2 Å². The molecule has 0 fully saturated rings. The molecule has 0 spiro atoms. The minimum atomic E-state index is 0.512. The van der Waals surface area contributed by atoms with E-state index in [1.165, 1.54) is 16.9 Å². The van der Waals surface area contributed by atoms with E-state index >= 15 is 0 Å². The van der Waals surface area contributed by atoms with Crippen LogP contribution >= 0.6 is 11.3 Å². The van der Waals surface area contributed by atoms with Crippen molar-refractivity contribution in [1.29, 1.82) is 0 Å². The molecular formula is C11H13N3OS. The molecule has 0 amide bonds. The zero-order chi connectivity index (χ0) is 11.2. The average Bonchev–Trinajstić information content (AvgIpc) is 2.72. The van der Waals surface area contributed by atoms with Crippen LogP contribution in [0.25, 0.3) is 0 Å². The first-order valence-electron chi connectivity index (χ1n) is 5.04. The molecule has 1 heterocycles. The van der Waals surface area contributed by atoms with E-state index in [0.29, 0.717) is 18.3 Å². The normalized spacial score (nSPS) is 10.5. The van der Waals surface area contributed by atoms with E-state index in [-0.39, 0.29) is 0 Å². The Hall–Kier alpha value is -1.46. The second kappa shape index (κ2) is 5.58. The van der Waals surface area contributed by atoms with Gasteiger partial charge in [0.1, 0.15) is 5.01 Å². The second-order valence-electron chi connectivity index (χ2n) is 3.32. The minimum Gasteiger partial charge on any atom is -0.376 e. The Balaban J connectivity index is 1.69. The molecule has 1 aromatic heterocycles. The van der Waals surface area contributed by atoms with Crippen molar-refractivity contribution in [1.82, 2.24) is 10.2 Å². The van der Waals surface area contributed by atoms with Gasteiger partial charge >= 0.3 is 0 Å². The average molecular weight is 235 g/mol. The molecule has 0 saturated heterocycles. The summed E-state index contributed by atoms with van der Waals surface area (Å²) in [5.41, 5.74) is 6.66. The number of benzene rings is 1. The Morgan fingerprint density at radius 2 is 2.00 bits per heavy atom.